The van der Waals surface area contributed by atoms with E-state index < -0.39 is 0 Å². The Bertz CT molecular complexity index is 1050. The number of amides is 2. The van der Waals surface area contributed by atoms with E-state index in [4.69, 9.17) is 4.74 Å². The third kappa shape index (κ3) is 5.15. The van der Waals surface area contributed by atoms with Gasteiger partial charge in [-0.2, -0.15) is 0 Å². The van der Waals surface area contributed by atoms with Crippen molar-refractivity contribution < 1.29 is 14.3 Å². The van der Waals surface area contributed by atoms with Gasteiger partial charge in [-0.25, -0.2) is 0 Å². The summed E-state index contributed by atoms with van der Waals surface area (Å²) in [5.74, 6) is 0.804. The van der Waals surface area contributed by atoms with Crippen LogP contribution in [0, 0.1) is 0 Å². The minimum atomic E-state index is -0.135. The van der Waals surface area contributed by atoms with Crippen molar-refractivity contribution in [3.8, 4) is 5.75 Å². The maximum absolute atomic E-state index is 12.6. The lowest BCUT2D eigenvalue weighted by molar-refractivity contribution is -0.117. The highest BCUT2D eigenvalue weighted by Crippen LogP contribution is 2.25. The van der Waals surface area contributed by atoms with Crippen LogP contribution in [0.5, 0.6) is 5.75 Å². The van der Waals surface area contributed by atoms with E-state index in [1.54, 1.807) is 12.0 Å². The van der Waals surface area contributed by atoms with E-state index in [1.165, 1.54) is 0 Å². The van der Waals surface area contributed by atoms with E-state index >= 15 is 0 Å². The predicted molar refractivity (Wildman–Crippen MR) is 126 cm³/mol. The Morgan fingerprint density at radius 1 is 0.969 bits per heavy atom. The van der Waals surface area contributed by atoms with Gasteiger partial charge in [0.25, 0.3) is 0 Å². The molecule has 6 nitrogen and oxygen atoms in total. The van der Waals surface area contributed by atoms with Gasteiger partial charge in [0, 0.05) is 24.3 Å². The topological polar surface area (TPSA) is 70.7 Å². The first-order valence-corrected chi connectivity index (χ1v) is 10.8. The van der Waals surface area contributed by atoms with Crippen LogP contribution in [0.25, 0.3) is 0 Å². The van der Waals surface area contributed by atoms with Crippen LogP contribution in [-0.4, -0.2) is 32.0 Å². The fraction of sp³-hybridized carbons (Fsp3) is 0.231. The Hall–Kier alpha value is -3.64. The summed E-state index contributed by atoms with van der Waals surface area (Å²) in [6, 6.07) is 25.1. The summed E-state index contributed by atoms with van der Waals surface area (Å²) in [4.78, 5) is 26.3. The molecule has 0 spiro atoms. The van der Waals surface area contributed by atoms with Gasteiger partial charge in [-0.05, 0) is 53.9 Å². The van der Waals surface area contributed by atoms with Crippen molar-refractivity contribution in [2.75, 3.05) is 30.4 Å². The highest BCUT2D eigenvalue weighted by molar-refractivity contribution is 5.96. The number of benzene rings is 3. The van der Waals surface area contributed by atoms with Crippen molar-refractivity contribution in [3.05, 3.63) is 90.0 Å². The highest BCUT2D eigenvalue weighted by atomic mass is 16.5. The quantitative estimate of drug-likeness (QED) is 0.565. The minimum absolute atomic E-state index is 0.128. The summed E-state index contributed by atoms with van der Waals surface area (Å²) in [5.41, 5.74) is 3.69. The zero-order valence-corrected chi connectivity index (χ0v) is 18.1. The molecule has 2 N–H and O–H groups in total. The Morgan fingerprint density at radius 3 is 2.28 bits per heavy atom. The van der Waals surface area contributed by atoms with Crippen LogP contribution in [0.4, 0.5) is 11.4 Å². The summed E-state index contributed by atoms with van der Waals surface area (Å²) >= 11 is 0. The molecule has 1 aliphatic rings. The molecule has 164 valence electrons. The molecule has 2 amide bonds. The number of rotatable bonds is 8. The molecule has 6 heteroatoms. The summed E-state index contributed by atoms with van der Waals surface area (Å²) in [6.45, 7) is 0.901. The monoisotopic (exact) mass is 429 g/mol. The number of carbonyl (C=O) groups is 2. The number of hydrogen-bond acceptors (Lipinski definition) is 4. The van der Waals surface area contributed by atoms with Crippen LogP contribution in [-0.2, 0) is 9.59 Å². The summed E-state index contributed by atoms with van der Waals surface area (Å²) < 4.78 is 5.26. The molecule has 32 heavy (non-hydrogen) atoms. The van der Waals surface area contributed by atoms with Crippen LogP contribution in [0.3, 0.4) is 0 Å². The van der Waals surface area contributed by atoms with Crippen LogP contribution in [0.1, 0.15) is 30.0 Å². The maximum atomic E-state index is 12.6. The van der Waals surface area contributed by atoms with Crippen LogP contribution in [0.2, 0.25) is 0 Å². The fourth-order valence-electron chi connectivity index (χ4n) is 3.92. The average molecular weight is 430 g/mol. The second-order valence-corrected chi connectivity index (χ2v) is 7.74. The first kappa shape index (κ1) is 21.6. The molecule has 1 saturated heterocycles. The lowest BCUT2D eigenvalue weighted by atomic mass is 9.98. The molecule has 0 unspecified atom stereocenters. The smallest absolute Gasteiger partial charge is 0.238 e. The minimum Gasteiger partial charge on any atom is -0.497 e. The van der Waals surface area contributed by atoms with E-state index in [9.17, 15) is 9.59 Å². The summed E-state index contributed by atoms with van der Waals surface area (Å²) in [5, 5.41) is 6.29. The van der Waals surface area contributed by atoms with Crippen molar-refractivity contribution in [2.45, 2.75) is 18.9 Å². The Morgan fingerprint density at radius 2 is 1.66 bits per heavy atom. The molecule has 3 aromatic carbocycles. The fourth-order valence-corrected chi connectivity index (χ4v) is 3.92. The van der Waals surface area contributed by atoms with E-state index in [2.05, 4.69) is 10.6 Å². The van der Waals surface area contributed by atoms with E-state index in [-0.39, 0.29) is 24.4 Å². The molecule has 0 radical (unpaired) electrons. The Labute approximate surface area is 188 Å². The summed E-state index contributed by atoms with van der Waals surface area (Å²) in [6.07, 6.45) is 1.49. The Kier molecular flexibility index (Phi) is 6.82. The van der Waals surface area contributed by atoms with Crippen molar-refractivity contribution >= 4 is 23.2 Å². The van der Waals surface area contributed by atoms with Gasteiger partial charge in [0.2, 0.25) is 11.8 Å². The van der Waals surface area contributed by atoms with Crippen LogP contribution in [0.15, 0.2) is 78.9 Å². The number of ether oxygens (including phenoxy) is 1. The number of hydrogen-bond donors (Lipinski definition) is 2. The first-order valence-electron chi connectivity index (χ1n) is 10.8. The van der Waals surface area contributed by atoms with Gasteiger partial charge in [-0.15, -0.1) is 0 Å². The van der Waals surface area contributed by atoms with Crippen LogP contribution >= 0.6 is 0 Å². The average Bonchev–Trinajstić information content (AvgIpc) is 3.26. The number of methoxy groups -OCH3 is 1. The Balaban J connectivity index is 1.40. The van der Waals surface area contributed by atoms with E-state index in [0.717, 1.165) is 35.5 Å². The molecule has 0 aromatic heterocycles. The number of carbonyl (C=O) groups excluding carboxylic acids is 2. The molecule has 4 rings (SSSR count). The third-order valence-corrected chi connectivity index (χ3v) is 5.58. The normalized spacial score (nSPS) is 14.3. The van der Waals surface area contributed by atoms with Crippen molar-refractivity contribution in [1.82, 2.24) is 5.32 Å². The van der Waals surface area contributed by atoms with Gasteiger partial charge < -0.3 is 15.0 Å². The largest absolute Gasteiger partial charge is 0.497 e. The SMILES string of the molecule is COc1ccc([C@@H](NCC(=O)Nc2ccc(N3CCCC3=O)cc2)c2ccccc2)cc1. The predicted octanol–water partition coefficient (Wildman–Crippen LogP) is 4.14. The van der Waals surface area contributed by atoms with Gasteiger partial charge in [-0.1, -0.05) is 42.5 Å². The van der Waals surface area contributed by atoms with Gasteiger partial charge in [0.1, 0.15) is 5.75 Å². The van der Waals surface area contributed by atoms with Crippen molar-refractivity contribution in [1.29, 1.82) is 0 Å². The molecule has 0 aliphatic carbocycles. The van der Waals surface area contributed by atoms with Gasteiger partial charge in [0.15, 0.2) is 0 Å². The molecule has 0 saturated carbocycles. The molecule has 0 bridgehead atoms. The lowest BCUT2D eigenvalue weighted by Gasteiger charge is -2.20. The van der Waals surface area contributed by atoms with Crippen LogP contribution < -0.4 is 20.3 Å². The van der Waals surface area contributed by atoms with E-state index in [1.807, 2.05) is 78.9 Å². The molecule has 1 heterocycles. The third-order valence-electron chi connectivity index (χ3n) is 5.58. The second-order valence-electron chi connectivity index (χ2n) is 7.74. The molecular formula is C26H27N3O3. The number of nitrogens with one attached hydrogen (secondary N) is 2. The van der Waals surface area contributed by atoms with Crippen molar-refractivity contribution in [3.63, 3.8) is 0 Å². The van der Waals surface area contributed by atoms with Gasteiger partial charge >= 0.3 is 0 Å². The van der Waals surface area contributed by atoms with Gasteiger partial charge in [-0.3, -0.25) is 14.9 Å². The van der Waals surface area contributed by atoms with Gasteiger partial charge in [0.05, 0.1) is 19.7 Å². The first-order chi connectivity index (χ1) is 15.6. The molecule has 1 atom stereocenters. The standard InChI is InChI=1S/C26H27N3O3/c1-32-23-15-9-20(10-16-23)26(19-6-3-2-4-7-19)27-18-24(30)28-21-11-13-22(14-12-21)29-17-5-8-25(29)31/h2-4,6-7,9-16,26-27H,5,8,17-18H2,1H3,(H,28,30)/t26-/m0/s1. The second kappa shape index (κ2) is 10.1. The molecule has 3 aromatic rings. The highest BCUT2D eigenvalue weighted by Gasteiger charge is 2.21. The zero-order chi connectivity index (χ0) is 22.3. The zero-order valence-electron chi connectivity index (χ0n) is 18.1. The lowest BCUT2D eigenvalue weighted by Crippen LogP contribution is -2.32. The molecular weight excluding hydrogens is 402 g/mol. The van der Waals surface area contributed by atoms with E-state index in [0.29, 0.717) is 12.1 Å². The maximum Gasteiger partial charge on any atom is 0.238 e. The van der Waals surface area contributed by atoms with Crippen molar-refractivity contribution in [2.24, 2.45) is 0 Å². The molecule has 1 aliphatic heterocycles. The summed E-state index contributed by atoms with van der Waals surface area (Å²) in [7, 11) is 1.64. The molecule has 1 fully saturated rings. The number of nitrogens with zero attached hydrogens (tertiary/aromatic N) is 1. The number of anilines is 2.